The van der Waals surface area contributed by atoms with Crippen LogP contribution in [0.4, 0.5) is 0 Å². The zero-order valence-electron chi connectivity index (χ0n) is 10.2. The lowest BCUT2D eigenvalue weighted by Gasteiger charge is -2.35. The van der Waals surface area contributed by atoms with Gasteiger partial charge < -0.3 is 5.32 Å². The summed E-state index contributed by atoms with van der Waals surface area (Å²) in [7, 11) is 0. The van der Waals surface area contributed by atoms with Crippen LogP contribution in [-0.2, 0) is 0 Å². The summed E-state index contributed by atoms with van der Waals surface area (Å²) in [6, 6.07) is 11.6. The van der Waals surface area contributed by atoms with Crippen LogP contribution in [0.2, 0.25) is 0 Å². The molecule has 0 saturated carbocycles. The topological polar surface area (TPSA) is 15.3 Å². The van der Waals surface area contributed by atoms with Crippen molar-refractivity contribution in [2.75, 3.05) is 26.2 Å². The molecule has 0 aliphatic carbocycles. The third-order valence-electron chi connectivity index (χ3n) is 3.34. The number of nitrogens with one attached hydrogen (secondary N) is 1. The normalized spacial score (nSPS) is 19.6. The maximum atomic E-state index is 3.42. The van der Waals surface area contributed by atoms with Crippen molar-refractivity contribution in [3.05, 3.63) is 35.9 Å². The molecule has 2 heteroatoms. The van der Waals surface area contributed by atoms with E-state index in [-0.39, 0.29) is 0 Å². The quantitative estimate of drug-likeness (QED) is 0.835. The molecule has 1 N–H and O–H groups in total. The average molecular weight is 218 g/mol. The molecule has 2 nitrogen and oxygen atoms in total. The van der Waals surface area contributed by atoms with E-state index in [9.17, 15) is 0 Å². The average Bonchev–Trinajstić information content (AvgIpc) is 2.38. The van der Waals surface area contributed by atoms with Crippen LogP contribution in [0.3, 0.4) is 0 Å². The van der Waals surface area contributed by atoms with Crippen molar-refractivity contribution in [2.45, 2.75) is 25.8 Å². The molecule has 0 aromatic heterocycles. The zero-order valence-corrected chi connectivity index (χ0v) is 10.2. The maximum absolute atomic E-state index is 3.42. The lowest BCUT2D eigenvalue weighted by Crippen LogP contribution is -2.45. The monoisotopic (exact) mass is 218 g/mol. The lowest BCUT2D eigenvalue weighted by molar-refractivity contribution is 0.164. The second kappa shape index (κ2) is 6.02. The molecule has 1 heterocycles. The standard InChI is InChI=1S/C14H22N2/c1-2-6-14(13-7-4-3-5-8-13)16-11-9-15-10-12-16/h3-5,7-8,14-15H,2,6,9-12H2,1H3/t14-/m1/s1. The molecule has 0 amide bonds. The van der Waals surface area contributed by atoms with Crippen LogP contribution in [-0.4, -0.2) is 31.1 Å². The first-order valence-corrected chi connectivity index (χ1v) is 6.41. The Balaban J connectivity index is 2.09. The van der Waals surface area contributed by atoms with Crippen molar-refractivity contribution in [1.29, 1.82) is 0 Å². The molecule has 1 aliphatic heterocycles. The summed E-state index contributed by atoms with van der Waals surface area (Å²) < 4.78 is 0. The van der Waals surface area contributed by atoms with Gasteiger partial charge in [-0.25, -0.2) is 0 Å². The molecular weight excluding hydrogens is 196 g/mol. The fraction of sp³-hybridized carbons (Fsp3) is 0.571. The third-order valence-corrected chi connectivity index (χ3v) is 3.34. The van der Waals surface area contributed by atoms with Crippen molar-refractivity contribution < 1.29 is 0 Å². The summed E-state index contributed by atoms with van der Waals surface area (Å²) in [5.41, 5.74) is 1.48. The Bertz CT molecular complexity index is 291. The van der Waals surface area contributed by atoms with Crippen LogP contribution in [0.25, 0.3) is 0 Å². The molecule has 0 radical (unpaired) electrons. The molecule has 2 rings (SSSR count). The number of hydrogen-bond acceptors (Lipinski definition) is 2. The summed E-state index contributed by atoms with van der Waals surface area (Å²) in [5, 5.41) is 3.42. The Hall–Kier alpha value is -0.860. The second-order valence-corrected chi connectivity index (χ2v) is 4.50. The zero-order chi connectivity index (χ0) is 11.2. The minimum Gasteiger partial charge on any atom is -0.314 e. The highest BCUT2D eigenvalue weighted by Crippen LogP contribution is 2.25. The summed E-state index contributed by atoms with van der Waals surface area (Å²) in [6.45, 7) is 6.90. The van der Waals surface area contributed by atoms with Gasteiger partial charge in [0, 0.05) is 32.2 Å². The number of nitrogens with zero attached hydrogens (tertiary/aromatic N) is 1. The van der Waals surface area contributed by atoms with Gasteiger partial charge in [0.1, 0.15) is 0 Å². The van der Waals surface area contributed by atoms with Crippen molar-refractivity contribution >= 4 is 0 Å². The van der Waals surface area contributed by atoms with Gasteiger partial charge >= 0.3 is 0 Å². The Morgan fingerprint density at radius 3 is 2.50 bits per heavy atom. The third kappa shape index (κ3) is 2.83. The molecule has 1 aromatic rings. The van der Waals surface area contributed by atoms with Crippen LogP contribution in [0.1, 0.15) is 31.4 Å². The molecule has 0 unspecified atom stereocenters. The van der Waals surface area contributed by atoms with E-state index >= 15 is 0 Å². The fourth-order valence-electron chi connectivity index (χ4n) is 2.50. The van der Waals surface area contributed by atoms with Gasteiger partial charge in [-0.15, -0.1) is 0 Å². The van der Waals surface area contributed by atoms with Gasteiger partial charge in [0.05, 0.1) is 0 Å². The van der Waals surface area contributed by atoms with Crippen molar-refractivity contribution in [2.24, 2.45) is 0 Å². The molecule has 1 aliphatic rings. The number of rotatable bonds is 4. The van der Waals surface area contributed by atoms with Crippen LogP contribution >= 0.6 is 0 Å². The molecule has 1 saturated heterocycles. The Morgan fingerprint density at radius 1 is 1.19 bits per heavy atom. The van der Waals surface area contributed by atoms with Gasteiger partial charge in [-0.3, -0.25) is 4.90 Å². The van der Waals surface area contributed by atoms with Crippen LogP contribution in [0.15, 0.2) is 30.3 Å². The van der Waals surface area contributed by atoms with Gasteiger partial charge in [-0.1, -0.05) is 43.7 Å². The summed E-state index contributed by atoms with van der Waals surface area (Å²) in [6.07, 6.45) is 2.52. The minimum absolute atomic E-state index is 0.619. The van der Waals surface area contributed by atoms with E-state index in [1.165, 1.54) is 31.5 Å². The Labute approximate surface area is 98.7 Å². The van der Waals surface area contributed by atoms with Gasteiger partial charge in [0.2, 0.25) is 0 Å². The number of benzene rings is 1. The molecule has 16 heavy (non-hydrogen) atoms. The lowest BCUT2D eigenvalue weighted by atomic mass is 10.00. The van der Waals surface area contributed by atoms with E-state index in [0.29, 0.717) is 6.04 Å². The Kier molecular flexibility index (Phi) is 4.37. The van der Waals surface area contributed by atoms with Gasteiger partial charge in [-0.05, 0) is 12.0 Å². The van der Waals surface area contributed by atoms with E-state index in [4.69, 9.17) is 0 Å². The molecule has 1 atom stereocenters. The predicted octanol–water partition coefficient (Wildman–Crippen LogP) is 2.43. The molecule has 1 aromatic carbocycles. The Morgan fingerprint density at radius 2 is 1.88 bits per heavy atom. The molecular formula is C14H22N2. The predicted molar refractivity (Wildman–Crippen MR) is 68.5 cm³/mol. The molecule has 88 valence electrons. The number of hydrogen-bond donors (Lipinski definition) is 1. The van der Waals surface area contributed by atoms with Crippen molar-refractivity contribution in [3.8, 4) is 0 Å². The van der Waals surface area contributed by atoms with E-state index in [2.05, 4.69) is 47.5 Å². The van der Waals surface area contributed by atoms with Crippen molar-refractivity contribution in [1.82, 2.24) is 10.2 Å². The first-order chi connectivity index (χ1) is 7.92. The molecule has 1 fully saturated rings. The SMILES string of the molecule is CCC[C@H](c1ccccc1)N1CCNCC1. The van der Waals surface area contributed by atoms with E-state index in [1.54, 1.807) is 0 Å². The van der Waals surface area contributed by atoms with Crippen molar-refractivity contribution in [3.63, 3.8) is 0 Å². The van der Waals surface area contributed by atoms with E-state index < -0.39 is 0 Å². The van der Waals surface area contributed by atoms with Crippen LogP contribution in [0, 0.1) is 0 Å². The summed E-state index contributed by atoms with van der Waals surface area (Å²) >= 11 is 0. The first-order valence-electron chi connectivity index (χ1n) is 6.41. The summed E-state index contributed by atoms with van der Waals surface area (Å²) in [5.74, 6) is 0. The second-order valence-electron chi connectivity index (χ2n) is 4.50. The minimum atomic E-state index is 0.619. The van der Waals surface area contributed by atoms with Gasteiger partial charge in [-0.2, -0.15) is 0 Å². The fourth-order valence-corrected chi connectivity index (χ4v) is 2.50. The first kappa shape index (κ1) is 11.6. The smallest absolute Gasteiger partial charge is 0.0349 e. The largest absolute Gasteiger partial charge is 0.314 e. The maximum Gasteiger partial charge on any atom is 0.0349 e. The van der Waals surface area contributed by atoms with Crippen LogP contribution < -0.4 is 5.32 Å². The highest BCUT2D eigenvalue weighted by Gasteiger charge is 2.20. The highest BCUT2D eigenvalue weighted by molar-refractivity contribution is 5.19. The van der Waals surface area contributed by atoms with E-state index in [1.807, 2.05) is 0 Å². The van der Waals surface area contributed by atoms with E-state index in [0.717, 1.165) is 13.1 Å². The highest BCUT2D eigenvalue weighted by atomic mass is 15.2. The number of piperazine rings is 1. The molecule has 0 bridgehead atoms. The van der Waals surface area contributed by atoms with Crippen LogP contribution in [0.5, 0.6) is 0 Å². The van der Waals surface area contributed by atoms with Gasteiger partial charge in [0.25, 0.3) is 0 Å². The molecule has 0 spiro atoms. The van der Waals surface area contributed by atoms with Gasteiger partial charge in [0.15, 0.2) is 0 Å². The summed E-state index contributed by atoms with van der Waals surface area (Å²) in [4.78, 5) is 2.62.